The lowest BCUT2D eigenvalue weighted by Gasteiger charge is -2.06. The van der Waals surface area contributed by atoms with Crippen molar-refractivity contribution in [2.45, 2.75) is 188 Å². The molecule has 0 aliphatic carbocycles. The van der Waals surface area contributed by atoms with Crippen molar-refractivity contribution in [2.24, 2.45) is 0 Å². The van der Waals surface area contributed by atoms with Crippen LogP contribution in [0.5, 0.6) is 0 Å². The van der Waals surface area contributed by atoms with Crippen LogP contribution in [-0.4, -0.2) is 4.57 Å². The molecule has 1 heterocycles. The molecule has 0 bridgehead atoms. The number of nitrogens with zero attached hydrogens (tertiary/aromatic N) is 2. The predicted molar refractivity (Wildman–Crippen MR) is 152 cm³/mol. The van der Waals surface area contributed by atoms with Gasteiger partial charge in [-0.25, -0.2) is 9.13 Å². The Morgan fingerprint density at radius 3 is 1.29 bits per heavy atom. The van der Waals surface area contributed by atoms with Crippen molar-refractivity contribution in [2.75, 3.05) is 0 Å². The second-order valence-corrected chi connectivity index (χ2v) is 10.9. The largest absolute Gasteiger partial charge is 0.256 e. The fraction of sp³-hybridized carbons (Fsp3) is 0.906. The van der Waals surface area contributed by atoms with Crippen LogP contribution in [0.4, 0.5) is 0 Å². The first-order chi connectivity index (χ1) is 16.8. The molecule has 0 radical (unpaired) electrons. The topological polar surface area (TPSA) is 8.81 Å². The fourth-order valence-electron chi connectivity index (χ4n) is 5.35. The van der Waals surface area contributed by atoms with E-state index in [9.17, 15) is 0 Å². The molecule has 34 heavy (non-hydrogen) atoms. The zero-order valence-corrected chi connectivity index (χ0v) is 23.9. The van der Waals surface area contributed by atoms with Gasteiger partial charge in [-0.2, -0.15) is 0 Å². The highest BCUT2D eigenvalue weighted by Gasteiger charge is 2.15. The Labute approximate surface area is 215 Å². The molecule has 2 nitrogen and oxygen atoms in total. The molecule has 0 aromatic carbocycles. The minimum Gasteiger partial charge on any atom is -0.235 e. The predicted octanol–water partition coefficient (Wildman–Crippen LogP) is 10.4. The van der Waals surface area contributed by atoms with Gasteiger partial charge in [-0.05, 0) is 26.2 Å². The highest BCUT2D eigenvalue weighted by atomic mass is 15.1. The molecule has 0 spiro atoms. The Morgan fingerprint density at radius 2 is 0.882 bits per heavy atom. The summed E-state index contributed by atoms with van der Waals surface area (Å²) in [5.41, 5.74) is 0. The monoisotopic (exact) mass is 475 g/mol. The highest BCUT2D eigenvalue weighted by Crippen LogP contribution is 2.14. The standard InChI is InChI=1S/C32H63N2/c1-4-7-9-11-13-15-16-17-18-19-20-22-24-26-28-32-33(6-3)30-31-34(32)29-27-25-23-21-14-12-10-8-5-2/h30-31H,4-29H2,1-3H3/q+1. The third-order valence-corrected chi connectivity index (χ3v) is 7.69. The fourth-order valence-corrected chi connectivity index (χ4v) is 5.35. The van der Waals surface area contributed by atoms with E-state index in [2.05, 4.69) is 42.3 Å². The van der Waals surface area contributed by atoms with Crippen molar-refractivity contribution in [1.29, 1.82) is 0 Å². The number of aromatic nitrogens is 2. The number of hydrogen-bond donors (Lipinski definition) is 0. The molecule has 0 aliphatic rings. The number of hydrogen-bond acceptors (Lipinski definition) is 0. The van der Waals surface area contributed by atoms with Gasteiger partial charge in [-0.3, -0.25) is 0 Å². The van der Waals surface area contributed by atoms with Crippen LogP contribution in [0.3, 0.4) is 0 Å². The SMILES string of the molecule is CCCCCCCCCCCCCCCCc1n(CC)cc[n+]1CCCCCCCCCCC. The molecule has 0 saturated heterocycles. The van der Waals surface area contributed by atoms with Gasteiger partial charge in [0.25, 0.3) is 5.82 Å². The highest BCUT2D eigenvalue weighted by molar-refractivity contribution is 4.83. The van der Waals surface area contributed by atoms with Gasteiger partial charge < -0.3 is 0 Å². The summed E-state index contributed by atoms with van der Waals surface area (Å²) in [7, 11) is 0. The van der Waals surface area contributed by atoms with Gasteiger partial charge in [0.15, 0.2) is 0 Å². The zero-order chi connectivity index (χ0) is 24.5. The molecule has 0 N–H and O–H groups in total. The Kier molecular flexibility index (Phi) is 22.0. The Balaban J connectivity index is 2.03. The number of rotatable bonds is 26. The molecule has 1 rings (SSSR count). The van der Waals surface area contributed by atoms with Gasteiger partial charge in [0.1, 0.15) is 12.4 Å². The van der Waals surface area contributed by atoms with E-state index in [1.807, 2.05) is 0 Å². The summed E-state index contributed by atoms with van der Waals surface area (Å²) in [6.07, 6.45) is 38.8. The Hall–Kier alpha value is -0.790. The molecular weight excluding hydrogens is 412 g/mol. The van der Waals surface area contributed by atoms with Crippen LogP contribution in [0.1, 0.15) is 174 Å². The van der Waals surface area contributed by atoms with Crippen molar-refractivity contribution in [3.63, 3.8) is 0 Å². The van der Waals surface area contributed by atoms with Gasteiger partial charge >= 0.3 is 0 Å². The summed E-state index contributed by atoms with van der Waals surface area (Å²) in [6.45, 7) is 9.22. The van der Waals surface area contributed by atoms with E-state index >= 15 is 0 Å². The van der Waals surface area contributed by atoms with Crippen LogP contribution in [0.15, 0.2) is 12.4 Å². The van der Waals surface area contributed by atoms with E-state index in [-0.39, 0.29) is 0 Å². The molecule has 1 aromatic rings. The van der Waals surface area contributed by atoms with E-state index in [0.29, 0.717) is 0 Å². The van der Waals surface area contributed by atoms with E-state index in [1.165, 1.54) is 161 Å². The van der Waals surface area contributed by atoms with Crippen LogP contribution in [0.25, 0.3) is 0 Å². The second kappa shape index (κ2) is 23.9. The Bertz CT molecular complexity index is 533. The molecule has 0 unspecified atom stereocenters. The number of unbranched alkanes of at least 4 members (excludes halogenated alkanes) is 21. The molecule has 0 saturated carbocycles. The maximum atomic E-state index is 2.56. The first-order valence-electron chi connectivity index (χ1n) is 15.9. The molecule has 2 heteroatoms. The average molecular weight is 476 g/mol. The summed E-state index contributed by atoms with van der Waals surface area (Å²) in [4.78, 5) is 0. The van der Waals surface area contributed by atoms with Gasteiger partial charge in [-0.15, -0.1) is 0 Å². The third kappa shape index (κ3) is 16.8. The van der Waals surface area contributed by atoms with Crippen LogP contribution in [0, 0.1) is 0 Å². The quantitative estimate of drug-likeness (QED) is 0.0930. The van der Waals surface area contributed by atoms with Gasteiger partial charge in [-0.1, -0.05) is 142 Å². The maximum absolute atomic E-state index is 2.56. The molecule has 1 aromatic heterocycles. The lowest BCUT2D eigenvalue weighted by Crippen LogP contribution is -2.37. The van der Waals surface area contributed by atoms with Crippen LogP contribution < -0.4 is 4.57 Å². The average Bonchev–Trinajstić information content (AvgIpc) is 3.24. The molecule has 0 aliphatic heterocycles. The first kappa shape index (κ1) is 31.2. The van der Waals surface area contributed by atoms with Gasteiger partial charge in [0.2, 0.25) is 0 Å². The van der Waals surface area contributed by atoms with E-state index < -0.39 is 0 Å². The van der Waals surface area contributed by atoms with E-state index in [0.717, 1.165) is 6.54 Å². The maximum Gasteiger partial charge on any atom is 0.256 e. The summed E-state index contributed by atoms with van der Waals surface area (Å²) in [5.74, 6) is 1.57. The summed E-state index contributed by atoms with van der Waals surface area (Å²) >= 11 is 0. The minimum absolute atomic E-state index is 1.11. The van der Waals surface area contributed by atoms with Crippen molar-refractivity contribution >= 4 is 0 Å². The normalized spacial score (nSPS) is 11.5. The number of aryl methyl sites for hydroxylation is 2. The molecule has 0 fully saturated rings. The lowest BCUT2D eigenvalue weighted by atomic mass is 10.0. The van der Waals surface area contributed by atoms with Crippen molar-refractivity contribution < 1.29 is 4.57 Å². The van der Waals surface area contributed by atoms with Crippen LogP contribution in [0.2, 0.25) is 0 Å². The summed E-state index contributed by atoms with van der Waals surface area (Å²) in [6, 6.07) is 0. The minimum atomic E-state index is 1.11. The first-order valence-corrected chi connectivity index (χ1v) is 15.9. The van der Waals surface area contributed by atoms with Gasteiger partial charge in [0.05, 0.1) is 13.1 Å². The molecular formula is C32H63N2+. The zero-order valence-electron chi connectivity index (χ0n) is 23.9. The van der Waals surface area contributed by atoms with Gasteiger partial charge in [0, 0.05) is 6.42 Å². The smallest absolute Gasteiger partial charge is 0.235 e. The molecule has 200 valence electrons. The summed E-state index contributed by atoms with van der Waals surface area (Å²) < 4.78 is 5.04. The Morgan fingerprint density at radius 1 is 0.500 bits per heavy atom. The van der Waals surface area contributed by atoms with Crippen molar-refractivity contribution in [3.8, 4) is 0 Å². The second-order valence-electron chi connectivity index (χ2n) is 10.9. The lowest BCUT2D eigenvalue weighted by molar-refractivity contribution is -0.704. The van der Waals surface area contributed by atoms with E-state index in [4.69, 9.17) is 0 Å². The summed E-state index contributed by atoms with van der Waals surface area (Å²) in [5, 5.41) is 0. The molecule has 0 amide bonds. The number of imidazole rings is 1. The third-order valence-electron chi connectivity index (χ3n) is 7.69. The van der Waals surface area contributed by atoms with Crippen LogP contribution in [-0.2, 0) is 19.5 Å². The van der Waals surface area contributed by atoms with Crippen molar-refractivity contribution in [3.05, 3.63) is 18.2 Å². The van der Waals surface area contributed by atoms with Crippen molar-refractivity contribution in [1.82, 2.24) is 4.57 Å². The molecule has 0 atom stereocenters. The van der Waals surface area contributed by atoms with Crippen LogP contribution >= 0.6 is 0 Å². The van der Waals surface area contributed by atoms with E-state index in [1.54, 1.807) is 5.82 Å².